The maximum atomic E-state index is 10.8. The molecule has 18 heavy (non-hydrogen) atoms. The number of primary sulfonamides is 1. The first-order chi connectivity index (χ1) is 8.29. The van der Waals surface area contributed by atoms with Crippen LogP contribution in [0.2, 0.25) is 0 Å². The van der Waals surface area contributed by atoms with E-state index in [9.17, 15) is 18.5 Å². The summed E-state index contributed by atoms with van der Waals surface area (Å²) < 4.78 is 21.4. The molecule has 0 aromatic carbocycles. The second-order valence-corrected chi connectivity index (χ2v) is 5.52. The zero-order chi connectivity index (χ0) is 13.8. The van der Waals surface area contributed by atoms with Crippen LogP contribution in [0.1, 0.15) is 12.0 Å². The summed E-state index contributed by atoms with van der Waals surface area (Å²) in [5.74, 6) is -0.0559. The van der Waals surface area contributed by atoms with Crippen LogP contribution in [0.5, 0.6) is 0 Å². The molecule has 8 nitrogen and oxygen atoms in total. The number of nitrogens with zero attached hydrogens (tertiary/aromatic N) is 2. The Bertz CT molecular complexity index is 543. The standard InChI is InChI=1S/C9H14N4O4S/c1-7-5-8(13(14)15)9(12-6-7)11-3-2-4-18(10,16)17/h5-6H,2-4H2,1H3,(H,11,12)(H2,10,16,17). The van der Waals surface area contributed by atoms with Gasteiger partial charge < -0.3 is 5.32 Å². The molecule has 100 valence electrons. The molecule has 1 aromatic rings. The van der Waals surface area contributed by atoms with Crippen LogP contribution >= 0.6 is 0 Å². The van der Waals surface area contributed by atoms with Gasteiger partial charge in [-0.15, -0.1) is 0 Å². The molecule has 0 amide bonds. The molecule has 0 radical (unpaired) electrons. The normalized spacial score (nSPS) is 11.2. The van der Waals surface area contributed by atoms with E-state index >= 15 is 0 Å². The molecule has 0 saturated heterocycles. The van der Waals surface area contributed by atoms with Crippen LogP contribution in [0.25, 0.3) is 0 Å². The van der Waals surface area contributed by atoms with Crippen molar-refractivity contribution in [3.8, 4) is 0 Å². The van der Waals surface area contributed by atoms with Gasteiger partial charge >= 0.3 is 5.69 Å². The summed E-state index contributed by atoms with van der Waals surface area (Å²) in [6.45, 7) is 1.94. The number of anilines is 1. The van der Waals surface area contributed by atoms with E-state index in [0.29, 0.717) is 5.56 Å². The Kier molecular flexibility index (Phi) is 4.56. The fourth-order valence-corrected chi connectivity index (χ4v) is 1.86. The van der Waals surface area contributed by atoms with Crippen molar-refractivity contribution in [2.75, 3.05) is 17.6 Å². The molecule has 0 aliphatic carbocycles. The van der Waals surface area contributed by atoms with Crippen LogP contribution in [-0.2, 0) is 10.0 Å². The van der Waals surface area contributed by atoms with E-state index in [4.69, 9.17) is 5.14 Å². The van der Waals surface area contributed by atoms with Gasteiger partial charge in [-0.05, 0) is 18.9 Å². The van der Waals surface area contributed by atoms with Crippen LogP contribution in [0, 0.1) is 17.0 Å². The third kappa shape index (κ3) is 4.63. The number of pyridine rings is 1. The molecule has 0 aliphatic heterocycles. The van der Waals surface area contributed by atoms with Crippen LogP contribution < -0.4 is 10.5 Å². The van der Waals surface area contributed by atoms with E-state index in [0.717, 1.165) is 0 Å². The van der Waals surface area contributed by atoms with E-state index in [2.05, 4.69) is 10.3 Å². The van der Waals surface area contributed by atoms with Crippen molar-refractivity contribution in [1.29, 1.82) is 0 Å². The third-order valence-electron chi connectivity index (χ3n) is 2.10. The summed E-state index contributed by atoms with van der Waals surface area (Å²) in [6.07, 6.45) is 1.75. The lowest BCUT2D eigenvalue weighted by atomic mass is 10.3. The largest absolute Gasteiger partial charge is 0.364 e. The first kappa shape index (κ1) is 14.3. The molecular weight excluding hydrogens is 260 g/mol. The molecule has 0 fully saturated rings. The number of hydrogen-bond acceptors (Lipinski definition) is 6. The summed E-state index contributed by atoms with van der Waals surface area (Å²) in [6, 6.07) is 1.40. The second kappa shape index (κ2) is 5.74. The van der Waals surface area contributed by atoms with E-state index < -0.39 is 14.9 Å². The van der Waals surface area contributed by atoms with Crippen molar-refractivity contribution in [2.24, 2.45) is 5.14 Å². The molecule has 0 aliphatic rings. The quantitative estimate of drug-likeness (QED) is 0.438. The number of nitrogens with one attached hydrogen (secondary N) is 1. The van der Waals surface area contributed by atoms with Crippen LogP contribution in [-0.4, -0.2) is 30.6 Å². The number of aromatic nitrogens is 1. The molecule has 1 aromatic heterocycles. The van der Waals surface area contributed by atoms with Gasteiger partial charge in [0.25, 0.3) is 0 Å². The number of rotatable bonds is 6. The predicted molar refractivity (Wildman–Crippen MR) is 66.7 cm³/mol. The highest BCUT2D eigenvalue weighted by Crippen LogP contribution is 2.22. The smallest absolute Gasteiger partial charge is 0.311 e. The van der Waals surface area contributed by atoms with Gasteiger partial charge in [0.05, 0.1) is 10.7 Å². The van der Waals surface area contributed by atoms with Crippen molar-refractivity contribution < 1.29 is 13.3 Å². The van der Waals surface area contributed by atoms with Crippen molar-refractivity contribution in [1.82, 2.24) is 4.98 Å². The summed E-state index contributed by atoms with van der Waals surface area (Å²) in [5.41, 5.74) is 0.544. The molecule has 3 N–H and O–H groups in total. The van der Waals surface area contributed by atoms with Crippen molar-refractivity contribution >= 4 is 21.5 Å². The van der Waals surface area contributed by atoms with Gasteiger partial charge in [-0.25, -0.2) is 18.5 Å². The zero-order valence-electron chi connectivity index (χ0n) is 9.79. The van der Waals surface area contributed by atoms with Crippen molar-refractivity contribution in [3.05, 3.63) is 27.9 Å². The fourth-order valence-electron chi connectivity index (χ4n) is 1.31. The number of hydrogen-bond donors (Lipinski definition) is 2. The molecule has 0 saturated carbocycles. The van der Waals surface area contributed by atoms with Crippen LogP contribution in [0.4, 0.5) is 11.5 Å². The minimum absolute atomic E-state index is 0.125. The van der Waals surface area contributed by atoms with Gasteiger partial charge in [0.1, 0.15) is 0 Å². The SMILES string of the molecule is Cc1cnc(NCCCS(N)(=O)=O)c([N+](=O)[O-])c1. The average Bonchev–Trinajstić information content (AvgIpc) is 2.24. The fraction of sp³-hybridized carbons (Fsp3) is 0.444. The maximum absolute atomic E-state index is 10.8. The minimum atomic E-state index is -3.51. The van der Waals surface area contributed by atoms with Crippen LogP contribution in [0.3, 0.4) is 0 Å². The molecule has 0 spiro atoms. The van der Waals surface area contributed by atoms with Gasteiger partial charge in [-0.1, -0.05) is 0 Å². The average molecular weight is 274 g/mol. The van der Waals surface area contributed by atoms with Crippen molar-refractivity contribution in [2.45, 2.75) is 13.3 Å². The first-order valence-electron chi connectivity index (χ1n) is 5.15. The van der Waals surface area contributed by atoms with Gasteiger partial charge in [0, 0.05) is 18.8 Å². The number of aryl methyl sites for hydroxylation is 1. The number of nitro groups is 1. The topological polar surface area (TPSA) is 128 Å². The van der Waals surface area contributed by atoms with Crippen molar-refractivity contribution in [3.63, 3.8) is 0 Å². The highest BCUT2D eigenvalue weighted by molar-refractivity contribution is 7.89. The Morgan fingerprint density at radius 1 is 1.56 bits per heavy atom. The van der Waals surface area contributed by atoms with Gasteiger partial charge in [0.2, 0.25) is 15.8 Å². The number of nitrogens with two attached hydrogens (primary N) is 1. The Labute approximate surface area is 104 Å². The number of sulfonamides is 1. The molecule has 0 bridgehead atoms. The Balaban J connectivity index is 2.65. The Morgan fingerprint density at radius 3 is 2.78 bits per heavy atom. The highest BCUT2D eigenvalue weighted by Gasteiger charge is 2.14. The maximum Gasteiger partial charge on any atom is 0.311 e. The summed E-state index contributed by atoms with van der Waals surface area (Å²) in [4.78, 5) is 14.1. The molecule has 0 unspecified atom stereocenters. The van der Waals surface area contributed by atoms with E-state index in [-0.39, 0.29) is 30.2 Å². The Morgan fingerprint density at radius 2 is 2.22 bits per heavy atom. The summed E-state index contributed by atoms with van der Waals surface area (Å²) in [5, 5.41) is 18.3. The lowest BCUT2D eigenvalue weighted by Gasteiger charge is -2.06. The van der Waals surface area contributed by atoms with Gasteiger partial charge in [0.15, 0.2) is 0 Å². The Hall–Kier alpha value is -1.74. The zero-order valence-corrected chi connectivity index (χ0v) is 10.6. The minimum Gasteiger partial charge on any atom is -0.364 e. The lowest BCUT2D eigenvalue weighted by Crippen LogP contribution is -2.19. The van der Waals surface area contributed by atoms with E-state index in [1.807, 2.05) is 0 Å². The highest BCUT2D eigenvalue weighted by atomic mass is 32.2. The molecular formula is C9H14N4O4S. The van der Waals surface area contributed by atoms with E-state index in [1.54, 1.807) is 6.92 Å². The summed E-state index contributed by atoms with van der Waals surface area (Å²) >= 11 is 0. The van der Waals surface area contributed by atoms with Crippen LogP contribution in [0.15, 0.2) is 12.3 Å². The lowest BCUT2D eigenvalue weighted by molar-refractivity contribution is -0.384. The molecule has 1 heterocycles. The summed E-state index contributed by atoms with van der Waals surface area (Å²) in [7, 11) is -3.51. The predicted octanol–water partition coefficient (Wildman–Crippen LogP) is 0.389. The van der Waals surface area contributed by atoms with Gasteiger partial charge in [-0.2, -0.15) is 0 Å². The molecule has 9 heteroatoms. The molecule has 1 rings (SSSR count). The third-order valence-corrected chi connectivity index (χ3v) is 2.96. The van der Waals surface area contributed by atoms with E-state index in [1.165, 1.54) is 12.3 Å². The monoisotopic (exact) mass is 274 g/mol. The second-order valence-electron chi connectivity index (χ2n) is 3.78. The molecule has 0 atom stereocenters. The van der Waals surface area contributed by atoms with Gasteiger partial charge in [-0.3, -0.25) is 10.1 Å². The first-order valence-corrected chi connectivity index (χ1v) is 6.86.